The average molecular weight is 460 g/mol. The maximum absolute atomic E-state index is 13.7. The van der Waals surface area contributed by atoms with Crippen molar-refractivity contribution in [1.82, 2.24) is 9.47 Å². The molecule has 1 aromatic carbocycles. The first-order valence-electron chi connectivity index (χ1n) is 10.5. The second kappa shape index (κ2) is 9.36. The Morgan fingerprint density at radius 3 is 2.69 bits per heavy atom. The van der Waals surface area contributed by atoms with E-state index < -0.39 is 11.9 Å². The van der Waals surface area contributed by atoms with Gasteiger partial charge in [0.15, 0.2) is 0 Å². The maximum Gasteiger partial charge on any atom is 0.340 e. The molecular formula is C23H26ClN3O5. The Morgan fingerprint density at radius 1 is 1.25 bits per heavy atom. The highest BCUT2D eigenvalue weighted by Gasteiger charge is 2.38. The third-order valence-corrected chi connectivity index (χ3v) is 6.14. The fourth-order valence-corrected chi connectivity index (χ4v) is 4.46. The third-order valence-electron chi connectivity index (χ3n) is 5.90. The van der Waals surface area contributed by atoms with E-state index in [0.29, 0.717) is 48.2 Å². The highest BCUT2D eigenvalue weighted by atomic mass is 35.5. The molecule has 8 nitrogen and oxygen atoms in total. The molecule has 2 aromatic rings. The van der Waals surface area contributed by atoms with Crippen molar-refractivity contribution in [3.8, 4) is 5.75 Å². The molecule has 0 saturated carbocycles. The van der Waals surface area contributed by atoms with Gasteiger partial charge >= 0.3 is 5.97 Å². The van der Waals surface area contributed by atoms with Gasteiger partial charge in [-0.3, -0.25) is 9.69 Å². The van der Waals surface area contributed by atoms with Crippen LogP contribution in [0.2, 0.25) is 5.02 Å². The van der Waals surface area contributed by atoms with Crippen molar-refractivity contribution in [3.63, 3.8) is 0 Å². The fourth-order valence-electron chi connectivity index (χ4n) is 4.26. The van der Waals surface area contributed by atoms with E-state index in [1.807, 2.05) is 6.92 Å². The van der Waals surface area contributed by atoms with Crippen LogP contribution in [0.25, 0.3) is 0 Å². The molecule has 1 fully saturated rings. The van der Waals surface area contributed by atoms with Gasteiger partial charge in [-0.2, -0.15) is 0 Å². The number of rotatable bonds is 5. The zero-order valence-electron chi connectivity index (χ0n) is 18.1. The monoisotopic (exact) mass is 459 g/mol. The quantitative estimate of drug-likeness (QED) is 0.683. The van der Waals surface area contributed by atoms with Gasteiger partial charge in [0, 0.05) is 43.0 Å². The highest BCUT2D eigenvalue weighted by Crippen LogP contribution is 2.41. The molecule has 1 saturated heterocycles. The van der Waals surface area contributed by atoms with Gasteiger partial charge in [0.2, 0.25) is 5.88 Å². The van der Waals surface area contributed by atoms with E-state index >= 15 is 0 Å². The molecule has 3 heterocycles. The molecule has 0 unspecified atom stereocenters. The summed E-state index contributed by atoms with van der Waals surface area (Å²) in [5, 5.41) is 0.484. The van der Waals surface area contributed by atoms with E-state index in [0.717, 1.165) is 18.8 Å². The lowest BCUT2D eigenvalue weighted by molar-refractivity contribution is -0.136. The summed E-state index contributed by atoms with van der Waals surface area (Å²) in [7, 11) is 1.27. The van der Waals surface area contributed by atoms with E-state index in [-0.39, 0.29) is 17.0 Å². The summed E-state index contributed by atoms with van der Waals surface area (Å²) in [4.78, 5) is 28.6. The zero-order chi connectivity index (χ0) is 22.8. The molecule has 32 heavy (non-hydrogen) atoms. The Bertz CT molecular complexity index is 1120. The minimum absolute atomic E-state index is 0.0841. The van der Waals surface area contributed by atoms with E-state index in [9.17, 15) is 9.59 Å². The molecule has 2 aliphatic rings. The molecule has 0 spiro atoms. The minimum atomic E-state index is -0.757. The smallest absolute Gasteiger partial charge is 0.340 e. The highest BCUT2D eigenvalue weighted by molar-refractivity contribution is 6.30. The van der Waals surface area contributed by atoms with Crippen LogP contribution in [0.1, 0.15) is 22.7 Å². The van der Waals surface area contributed by atoms with Crippen LogP contribution in [0.15, 0.2) is 46.6 Å². The van der Waals surface area contributed by atoms with Gasteiger partial charge in [-0.1, -0.05) is 23.7 Å². The topological polar surface area (TPSA) is 96.0 Å². The summed E-state index contributed by atoms with van der Waals surface area (Å²) in [6, 6.07) is 8.80. The van der Waals surface area contributed by atoms with Crippen LogP contribution in [-0.4, -0.2) is 55.4 Å². The summed E-state index contributed by atoms with van der Waals surface area (Å²) in [6.07, 6.45) is 0. The first kappa shape index (κ1) is 22.4. The van der Waals surface area contributed by atoms with Crippen LogP contribution in [0.3, 0.4) is 0 Å². The van der Waals surface area contributed by atoms with Gasteiger partial charge in [-0.05, 0) is 24.6 Å². The normalized spacial score (nSPS) is 18.8. The van der Waals surface area contributed by atoms with Gasteiger partial charge in [0.1, 0.15) is 11.3 Å². The van der Waals surface area contributed by atoms with E-state index in [2.05, 4.69) is 4.90 Å². The number of hydrogen-bond acceptors (Lipinski definition) is 7. The molecule has 170 valence electrons. The van der Waals surface area contributed by atoms with E-state index in [1.54, 1.807) is 34.9 Å². The van der Waals surface area contributed by atoms with E-state index in [4.69, 9.17) is 31.5 Å². The van der Waals surface area contributed by atoms with Crippen LogP contribution in [-0.2, 0) is 20.8 Å². The van der Waals surface area contributed by atoms with Crippen LogP contribution in [0.4, 0.5) is 0 Å². The largest absolute Gasteiger partial charge is 0.465 e. The van der Waals surface area contributed by atoms with Crippen molar-refractivity contribution in [3.05, 3.63) is 74.0 Å². The molecule has 0 amide bonds. The number of esters is 1. The number of benzene rings is 1. The van der Waals surface area contributed by atoms with Gasteiger partial charge < -0.3 is 24.5 Å². The average Bonchev–Trinajstić information content (AvgIpc) is 2.78. The van der Waals surface area contributed by atoms with Gasteiger partial charge in [-0.15, -0.1) is 0 Å². The molecule has 0 bridgehead atoms. The summed E-state index contributed by atoms with van der Waals surface area (Å²) in [5.41, 5.74) is 7.73. The van der Waals surface area contributed by atoms with Gasteiger partial charge in [0.25, 0.3) is 5.56 Å². The molecule has 1 aromatic heterocycles. The number of nitrogens with two attached hydrogens (primary N) is 1. The SMILES string of the molecule is COC(=O)C1=C(N)Oc2cc(C)n(CCN3CCOCC3)c(=O)c2[C@H]1c1cccc(Cl)c1. The number of carbonyl (C=O) groups excluding carboxylic acids is 1. The van der Waals surface area contributed by atoms with Crippen LogP contribution >= 0.6 is 11.6 Å². The fraction of sp³-hybridized carbons (Fsp3) is 0.391. The Kier molecular flexibility index (Phi) is 6.55. The molecule has 2 aliphatic heterocycles. The Morgan fingerprint density at radius 2 is 2.00 bits per heavy atom. The molecule has 9 heteroatoms. The second-order valence-corrected chi connectivity index (χ2v) is 8.27. The number of aromatic nitrogens is 1. The predicted octanol–water partition coefficient (Wildman–Crippen LogP) is 2.01. The summed E-state index contributed by atoms with van der Waals surface area (Å²) in [6.45, 7) is 6.12. The van der Waals surface area contributed by atoms with Gasteiger partial charge in [0.05, 0.1) is 31.8 Å². The minimum Gasteiger partial charge on any atom is -0.465 e. The molecule has 4 rings (SSSR count). The Labute approximate surface area is 191 Å². The zero-order valence-corrected chi connectivity index (χ0v) is 18.9. The molecule has 2 N–H and O–H groups in total. The number of hydrogen-bond donors (Lipinski definition) is 1. The number of carbonyl (C=O) groups is 1. The summed E-state index contributed by atoms with van der Waals surface area (Å²) in [5.74, 6) is -1.16. The number of morpholine rings is 1. The number of methoxy groups -OCH3 is 1. The first-order chi connectivity index (χ1) is 15.4. The third kappa shape index (κ3) is 4.26. The molecular weight excluding hydrogens is 434 g/mol. The van der Waals surface area contributed by atoms with Crippen molar-refractivity contribution in [1.29, 1.82) is 0 Å². The lowest BCUT2D eigenvalue weighted by atomic mass is 9.83. The number of halogens is 1. The van der Waals surface area contributed by atoms with Crippen molar-refractivity contribution < 1.29 is 19.0 Å². The van der Waals surface area contributed by atoms with E-state index in [1.165, 1.54) is 7.11 Å². The summed E-state index contributed by atoms with van der Waals surface area (Å²) < 4.78 is 17.8. The Hall–Kier alpha value is -2.81. The second-order valence-electron chi connectivity index (χ2n) is 7.83. The van der Waals surface area contributed by atoms with Crippen molar-refractivity contribution in [2.75, 3.05) is 40.0 Å². The lowest BCUT2D eigenvalue weighted by Gasteiger charge is -2.30. The van der Waals surface area contributed by atoms with Crippen LogP contribution in [0.5, 0.6) is 5.75 Å². The predicted molar refractivity (Wildman–Crippen MR) is 120 cm³/mol. The van der Waals surface area contributed by atoms with Crippen molar-refractivity contribution in [2.24, 2.45) is 5.73 Å². The number of nitrogens with zero attached hydrogens (tertiary/aromatic N) is 2. The lowest BCUT2D eigenvalue weighted by Crippen LogP contribution is -2.40. The standard InChI is InChI=1S/C23H26ClN3O5/c1-14-12-17-19(22(28)27(14)7-6-26-8-10-31-11-9-26)18(15-4-3-5-16(24)13-15)20(21(25)32-17)23(29)30-2/h3-5,12-13,18H,6-11,25H2,1-2H3/t18-/m1/s1. The first-order valence-corrected chi connectivity index (χ1v) is 10.8. The number of ether oxygens (including phenoxy) is 3. The number of pyridine rings is 1. The summed E-state index contributed by atoms with van der Waals surface area (Å²) >= 11 is 6.23. The molecule has 0 radical (unpaired) electrons. The van der Waals surface area contributed by atoms with Gasteiger partial charge in [-0.25, -0.2) is 4.79 Å². The van der Waals surface area contributed by atoms with Crippen LogP contribution in [0, 0.1) is 6.92 Å². The number of aryl methyl sites for hydroxylation is 1. The maximum atomic E-state index is 13.7. The molecule has 1 atom stereocenters. The van der Waals surface area contributed by atoms with Crippen molar-refractivity contribution >= 4 is 17.6 Å². The number of fused-ring (bicyclic) bond motifs is 1. The Balaban J connectivity index is 1.81. The molecule has 0 aliphatic carbocycles. The van der Waals surface area contributed by atoms with Crippen molar-refractivity contribution in [2.45, 2.75) is 19.4 Å². The van der Waals surface area contributed by atoms with Crippen LogP contribution < -0.4 is 16.0 Å².